The van der Waals surface area contributed by atoms with Crippen molar-refractivity contribution in [2.45, 2.75) is 32.6 Å². The number of allylic oxidation sites excluding steroid dienone is 1. The predicted molar refractivity (Wildman–Crippen MR) is 124 cm³/mol. The highest BCUT2D eigenvalue weighted by atomic mass is 79.9. The largest absolute Gasteiger partial charge is 0.454 e. The van der Waals surface area contributed by atoms with Gasteiger partial charge in [0.2, 0.25) is 6.79 Å². The molecule has 2 nitrogen and oxygen atoms in total. The minimum absolute atomic E-state index is 0.0261. The number of benzene rings is 3. The number of ether oxygens (including phenoxy) is 2. The monoisotopic (exact) mass is 458 g/mol. The molecule has 0 spiro atoms. The maximum atomic E-state index is 5.76. The highest BCUT2D eigenvalue weighted by Crippen LogP contribution is 2.62. The highest BCUT2D eigenvalue weighted by molar-refractivity contribution is 9.10. The van der Waals surface area contributed by atoms with Gasteiger partial charge in [-0.25, -0.2) is 0 Å². The van der Waals surface area contributed by atoms with Crippen molar-refractivity contribution in [1.29, 1.82) is 0 Å². The summed E-state index contributed by atoms with van der Waals surface area (Å²) in [4.78, 5) is 0. The molecule has 6 rings (SSSR count). The Morgan fingerprint density at radius 2 is 1.50 bits per heavy atom. The Morgan fingerprint density at radius 3 is 2.17 bits per heavy atom. The lowest BCUT2D eigenvalue weighted by atomic mass is 9.63. The third-order valence-corrected chi connectivity index (χ3v) is 7.92. The molecule has 0 aromatic heterocycles. The van der Waals surface area contributed by atoms with Crippen molar-refractivity contribution in [3.05, 3.63) is 86.9 Å². The maximum Gasteiger partial charge on any atom is 0.231 e. The van der Waals surface area contributed by atoms with Gasteiger partial charge < -0.3 is 9.47 Å². The summed E-state index contributed by atoms with van der Waals surface area (Å²) in [6, 6.07) is 20.0. The molecule has 2 aliphatic carbocycles. The molecule has 0 bridgehead atoms. The van der Waals surface area contributed by atoms with E-state index in [2.05, 4.69) is 97.4 Å². The summed E-state index contributed by atoms with van der Waals surface area (Å²) in [6.45, 7) is 7.40. The van der Waals surface area contributed by atoms with E-state index in [0.717, 1.165) is 16.0 Å². The number of rotatable bonds is 2. The average molecular weight is 459 g/mol. The first-order valence-corrected chi connectivity index (χ1v) is 11.3. The fraction of sp³-hybridized carbons (Fsp3) is 0.259. The molecular formula is C27H23BrO2. The topological polar surface area (TPSA) is 18.5 Å². The van der Waals surface area contributed by atoms with E-state index in [1.165, 1.54) is 39.0 Å². The van der Waals surface area contributed by atoms with Gasteiger partial charge in [-0.05, 0) is 67.7 Å². The van der Waals surface area contributed by atoms with Gasteiger partial charge in [0.1, 0.15) is 0 Å². The number of halogens is 1. The van der Waals surface area contributed by atoms with Gasteiger partial charge in [0, 0.05) is 11.8 Å². The summed E-state index contributed by atoms with van der Waals surface area (Å²) in [5, 5.41) is 0. The third-order valence-electron chi connectivity index (χ3n) is 7.14. The molecule has 0 amide bonds. The van der Waals surface area contributed by atoms with Crippen molar-refractivity contribution in [2.75, 3.05) is 6.79 Å². The molecule has 1 aliphatic heterocycles. The van der Waals surface area contributed by atoms with Gasteiger partial charge in [-0.3, -0.25) is 0 Å². The molecule has 3 aliphatic rings. The van der Waals surface area contributed by atoms with E-state index in [-0.39, 0.29) is 12.2 Å². The van der Waals surface area contributed by atoms with Crippen LogP contribution in [0.2, 0.25) is 0 Å². The van der Waals surface area contributed by atoms with Crippen molar-refractivity contribution in [3.63, 3.8) is 0 Å². The number of hydrogen-bond acceptors (Lipinski definition) is 2. The minimum Gasteiger partial charge on any atom is -0.454 e. The molecule has 0 radical (unpaired) electrons. The van der Waals surface area contributed by atoms with Crippen LogP contribution in [0.3, 0.4) is 0 Å². The molecular weight excluding hydrogens is 436 g/mol. The van der Waals surface area contributed by atoms with Gasteiger partial charge >= 0.3 is 0 Å². The van der Waals surface area contributed by atoms with Crippen LogP contribution in [0.5, 0.6) is 11.5 Å². The summed E-state index contributed by atoms with van der Waals surface area (Å²) in [5.74, 6) is 2.29. The Labute approximate surface area is 185 Å². The van der Waals surface area contributed by atoms with Crippen LogP contribution in [0.1, 0.15) is 54.9 Å². The Morgan fingerprint density at radius 1 is 0.867 bits per heavy atom. The molecule has 150 valence electrons. The summed E-state index contributed by atoms with van der Waals surface area (Å²) in [6.07, 6.45) is 2.32. The van der Waals surface area contributed by atoms with Crippen LogP contribution in [-0.2, 0) is 0 Å². The molecule has 0 saturated carbocycles. The zero-order chi connectivity index (χ0) is 20.6. The second kappa shape index (κ2) is 6.24. The second-order valence-electron chi connectivity index (χ2n) is 9.18. The summed E-state index contributed by atoms with van der Waals surface area (Å²) in [5.41, 5.74) is 9.54. The Bertz CT molecular complexity index is 1190. The smallest absolute Gasteiger partial charge is 0.231 e. The first-order chi connectivity index (χ1) is 14.5. The lowest BCUT2D eigenvalue weighted by molar-refractivity contribution is 0.173. The minimum atomic E-state index is -0.0261. The molecule has 0 N–H and O–H groups in total. The first kappa shape index (κ1) is 18.3. The van der Waals surface area contributed by atoms with Gasteiger partial charge in [0.15, 0.2) is 11.5 Å². The second-order valence-corrected chi connectivity index (χ2v) is 9.97. The Balaban J connectivity index is 1.55. The van der Waals surface area contributed by atoms with E-state index in [1.807, 2.05) is 0 Å². The molecule has 30 heavy (non-hydrogen) atoms. The van der Waals surface area contributed by atoms with Crippen LogP contribution in [-0.4, -0.2) is 6.79 Å². The van der Waals surface area contributed by atoms with Gasteiger partial charge in [0.25, 0.3) is 0 Å². The van der Waals surface area contributed by atoms with Gasteiger partial charge in [-0.15, -0.1) is 0 Å². The number of fused-ring (bicyclic) bond motifs is 5. The highest BCUT2D eigenvalue weighted by Gasteiger charge is 2.47. The lowest BCUT2D eigenvalue weighted by Crippen LogP contribution is -2.29. The van der Waals surface area contributed by atoms with Crippen molar-refractivity contribution in [3.8, 4) is 22.6 Å². The van der Waals surface area contributed by atoms with Gasteiger partial charge in [-0.1, -0.05) is 74.0 Å². The first-order valence-electron chi connectivity index (χ1n) is 10.5. The van der Waals surface area contributed by atoms with Crippen molar-refractivity contribution in [2.24, 2.45) is 5.41 Å². The van der Waals surface area contributed by atoms with E-state index in [4.69, 9.17) is 9.47 Å². The van der Waals surface area contributed by atoms with Gasteiger partial charge in [0.05, 0.1) is 4.47 Å². The average Bonchev–Trinajstić information content (AvgIpc) is 3.42. The van der Waals surface area contributed by atoms with Crippen molar-refractivity contribution >= 4 is 22.0 Å². The number of hydrogen-bond donors (Lipinski definition) is 0. The van der Waals surface area contributed by atoms with Crippen LogP contribution in [0.25, 0.3) is 17.2 Å². The fourth-order valence-corrected chi connectivity index (χ4v) is 6.74. The summed E-state index contributed by atoms with van der Waals surface area (Å²) >= 11 is 3.79. The Hall–Kier alpha value is -2.52. The molecule has 1 atom stereocenters. The van der Waals surface area contributed by atoms with Crippen LogP contribution >= 0.6 is 15.9 Å². The van der Waals surface area contributed by atoms with E-state index >= 15 is 0 Å². The lowest BCUT2D eigenvalue weighted by Gasteiger charge is -2.40. The normalized spacial score (nSPS) is 18.8. The van der Waals surface area contributed by atoms with E-state index in [9.17, 15) is 0 Å². The summed E-state index contributed by atoms with van der Waals surface area (Å²) < 4.78 is 12.5. The quantitative estimate of drug-likeness (QED) is 0.395. The molecule has 3 heteroatoms. The van der Waals surface area contributed by atoms with E-state index < -0.39 is 0 Å². The van der Waals surface area contributed by atoms with Gasteiger partial charge in [-0.2, -0.15) is 0 Å². The van der Waals surface area contributed by atoms with Crippen LogP contribution in [0.4, 0.5) is 0 Å². The Kier molecular flexibility index (Phi) is 3.80. The fourth-order valence-electron chi connectivity index (χ4n) is 6.09. The third kappa shape index (κ3) is 2.30. The predicted octanol–water partition coefficient (Wildman–Crippen LogP) is 7.52. The van der Waals surface area contributed by atoms with Crippen molar-refractivity contribution in [1.82, 2.24) is 0 Å². The molecule has 0 fully saturated rings. The molecule has 1 unspecified atom stereocenters. The van der Waals surface area contributed by atoms with Crippen LogP contribution < -0.4 is 9.47 Å². The molecule has 3 aromatic rings. The summed E-state index contributed by atoms with van der Waals surface area (Å²) in [7, 11) is 0. The van der Waals surface area contributed by atoms with Crippen LogP contribution in [0, 0.1) is 5.41 Å². The van der Waals surface area contributed by atoms with Crippen LogP contribution in [0.15, 0.2) is 64.6 Å². The van der Waals surface area contributed by atoms with E-state index in [1.54, 1.807) is 0 Å². The zero-order valence-corrected chi connectivity index (χ0v) is 18.9. The molecule has 0 saturated heterocycles. The zero-order valence-electron chi connectivity index (χ0n) is 17.3. The molecule has 1 heterocycles. The SMILES string of the molecule is CC1=Cc2c(cc3c(c2Br)OCO3)C1C(C)(C)C1c2ccccc2-c2ccccc21. The molecule has 3 aromatic carbocycles. The standard InChI is InChI=1S/C27H23BrO2/c1-15-12-21-20(13-22-26(25(21)28)30-14-29-22)23(15)27(2,3)24-18-10-6-4-8-16(18)17-9-5-7-11-19(17)24/h4-13,23-24H,14H2,1-3H3. The van der Waals surface area contributed by atoms with Crippen molar-refractivity contribution < 1.29 is 9.47 Å². The maximum absolute atomic E-state index is 5.76. The van der Waals surface area contributed by atoms with E-state index in [0.29, 0.717) is 11.8 Å².